The summed E-state index contributed by atoms with van der Waals surface area (Å²) in [5.41, 5.74) is 1.68. The summed E-state index contributed by atoms with van der Waals surface area (Å²) < 4.78 is 4.94. The Balaban J connectivity index is 1.91. The van der Waals surface area contributed by atoms with Gasteiger partial charge in [-0.15, -0.1) is 0 Å². The molecule has 1 unspecified atom stereocenters. The van der Waals surface area contributed by atoms with Gasteiger partial charge in [0.05, 0.1) is 19.1 Å². The minimum atomic E-state index is -0.688. The average molecular weight is 351 g/mol. The number of likely N-dealkylation sites (tertiary alicyclic amines) is 1. The number of hydrogen-bond donors (Lipinski definition) is 0. The number of carbonyl (C=O) groups excluding carboxylic acids is 3. The number of Topliss-reactive ketones (excluding diaryl/α,β-unsaturated/α-hetero) is 1. The number of benzene rings is 2. The van der Waals surface area contributed by atoms with Crippen molar-refractivity contribution in [1.29, 1.82) is 0 Å². The minimum Gasteiger partial charge on any atom is -0.468 e. The Morgan fingerprint density at radius 2 is 1.62 bits per heavy atom. The second kappa shape index (κ2) is 7.52. The van der Waals surface area contributed by atoms with Crippen LogP contribution in [0, 0.1) is 5.92 Å². The van der Waals surface area contributed by atoms with Gasteiger partial charge in [-0.1, -0.05) is 60.7 Å². The van der Waals surface area contributed by atoms with Crippen molar-refractivity contribution in [2.75, 3.05) is 13.7 Å². The van der Waals surface area contributed by atoms with Crippen LogP contribution in [0.15, 0.2) is 60.7 Å². The number of β-lactam (4-membered cyclic amide) rings is 1. The van der Waals surface area contributed by atoms with Crippen LogP contribution in [0.2, 0.25) is 0 Å². The molecule has 1 saturated heterocycles. The molecule has 0 radical (unpaired) electrons. The third-order valence-electron chi connectivity index (χ3n) is 4.85. The molecule has 1 aliphatic heterocycles. The highest BCUT2D eigenvalue weighted by Gasteiger charge is 2.51. The molecule has 26 heavy (non-hydrogen) atoms. The second-order valence-electron chi connectivity index (χ2n) is 6.42. The molecule has 3 atom stereocenters. The molecule has 5 heteroatoms. The van der Waals surface area contributed by atoms with E-state index in [1.54, 1.807) is 4.90 Å². The predicted molar refractivity (Wildman–Crippen MR) is 96.3 cm³/mol. The van der Waals surface area contributed by atoms with Gasteiger partial charge in [0.15, 0.2) is 0 Å². The zero-order valence-electron chi connectivity index (χ0n) is 14.8. The van der Waals surface area contributed by atoms with Crippen LogP contribution in [0.25, 0.3) is 0 Å². The lowest BCUT2D eigenvalue weighted by molar-refractivity contribution is -0.163. The Morgan fingerprint density at radius 3 is 2.15 bits per heavy atom. The predicted octanol–water partition coefficient (Wildman–Crippen LogP) is 2.73. The van der Waals surface area contributed by atoms with E-state index in [0.29, 0.717) is 0 Å². The van der Waals surface area contributed by atoms with Crippen LogP contribution in [0.3, 0.4) is 0 Å². The fourth-order valence-electron chi connectivity index (χ4n) is 3.51. The lowest BCUT2D eigenvalue weighted by atomic mass is 9.79. The highest BCUT2D eigenvalue weighted by atomic mass is 16.5. The van der Waals surface area contributed by atoms with Crippen LogP contribution in [-0.4, -0.2) is 36.2 Å². The Hall–Kier alpha value is -2.95. The molecule has 3 rings (SSSR count). The van der Waals surface area contributed by atoms with Crippen LogP contribution in [-0.2, 0) is 19.1 Å². The van der Waals surface area contributed by atoms with E-state index >= 15 is 0 Å². The number of ketones is 1. The number of nitrogens with zero attached hydrogens (tertiary/aromatic N) is 1. The highest BCUT2D eigenvalue weighted by molar-refractivity contribution is 6.06. The van der Waals surface area contributed by atoms with Crippen LogP contribution in [0.5, 0.6) is 0 Å². The maximum Gasteiger partial charge on any atom is 0.314 e. The van der Waals surface area contributed by atoms with E-state index in [2.05, 4.69) is 0 Å². The van der Waals surface area contributed by atoms with E-state index < -0.39 is 17.8 Å². The van der Waals surface area contributed by atoms with Crippen molar-refractivity contribution in [3.8, 4) is 0 Å². The van der Waals surface area contributed by atoms with Gasteiger partial charge in [0.25, 0.3) is 0 Å². The summed E-state index contributed by atoms with van der Waals surface area (Å²) >= 11 is 0. The molecule has 5 nitrogen and oxygen atoms in total. The van der Waals surface area contributed by atoms with E-state index in [9.17, 15) is 14.4 Å². The molecule has 1 amide bonds. The lowest BCUT2D eigenvalue weighted by Crippen LogP contribution is -2.58. The molecule has 2 aromatic carbocycles. The van der Waals surface area contributed by atoms with E-state index in [4.69, 9.17) is 4.74 Å². The average Bonchev–Trinajstić information content (AvgIpc) is 2.66. The molecular formula is C21H21NO4. The summed E-state index contributed by atoms with van der Waals surface area (Å²) in [5.74, 6) is -2.08. The molecule has 0 saturated carbocycles. The Kier molecular flexibility index (Phi) is 5.16. The third-order valence-corrected chi connectivity index (χ3v) is 4.85. The number of rotatable bonds is 6. The van der Waals surface area contributed by atoms with Gasteiger partial charge >= 0.3 is 5.97 Å². The molecular weight excluding hydrogens is 330 g/mol. The highest BCUT2D eigenvalue weighted by Crippen LogP contribution is 2.42. The molecule has 2 aromatic rings. The van der Waals surface area contributed by atoms with E-state index in [1.165, 1.54) is 14.0 Å². The monoisotopic (exact) mass is 351 g/mol. The van der Waals surface area contributed by atoms with Gasteiger partial charge in [0.2, 0.25) is 5.91 Å². The van der Waals surface area contributed by atoms with Crippen molar-refractivity contribution in [3.63, 3.8) is 0 Å². The van der Waals surface area contributed by atoms with Crippen molar-refractivity contribution >= 4 is 17.7 Å². The van der Waals surface area contributed by atoms with Gasteiger partial charge < -0.3 is 9.64 Å². The van der Waals surface area contributed by atoms with E-state index in [0.717, 1.165) is 11.1 Å². The fraction of sp³-hybridized carbons (Fsp3) is 0.286. The zero-order valence-corrected chi connectivity index (χ0v) is 14.8. The molecule has 1 fully saturated rings. The molecule has 0 aromatic heterocycles. The molecule has 0 spiro atoms. The van der Waals surface area contributed by atoms with Gasteiger partial charge in [-0.25, -0.2) is 0 Å². The summed E-state index contributed by atoms with van der Waals surface area (Å²) in [6.45, 7) is 1.61. The first-order valence-electron chi connectivity index (χ1n) is 8.53. The Morgan fingerprint density at radius 1 is 1.04 bits per heavy atom. The van der Waals surface area contributed by atoms with Crippen LogP contribution < -0.4 is 0 Å². The molecule has 1 heterocycles. The van der Waals surface area contributed by atoms with Gasteiger partial charge in [0, 0.05) is 6.54 Å². The summed E-state index contributed by atoms with van der Waals surface area (Å²) in [6.07, 6.45) is 0. The number of ether oxygens (including phenoxy) is 1. The maximum absolute atomic E-state index is 12.6. The van der Waals surface area contributed by atoms with Crippen molar-refractivity contribution in [3.05, 3.63) is 71.8 Å². The lowest BCUT2D eigenvalue weighted by Gasteiger charge is -2.47. The largest absolute Gasteiger partial charge is 0.468 e. The summed E-state index contributed by atoms with van der Waals surface area (Å²) in [7, 11) is 1.34. The first kappa shape index (κ1) is 17.9. The van der Waals surface area contributed by atoms with Crippen molar-refractivity contribution in [2.24, 2.45) is 5.92 Å². The van der Waals surface area contributed by atoms with Gasteiger partial charge in [-0.2, -0.15) is 0 Å². The molecule has 0 N–H and O–H groups in total. The SMILES string of the molecule is COC(=O)C(CN1C(=O)[C@@H](C(C)=O)[C@@H]1c1ccccc1)c1ccccc1. The van der Waals surface area contributed by atoms with Crippen LogP contribution in [0.1, 0.15) is 30.0 Å². The van der Waals surface area contributed by atoms with Crippen molar-refractivity contribution in [1.82, 2.24) is 4.90 Å². The number of esters is 1. The third kappa shape index (κ3) is 3.25. The van der Waals surface area contributed by atoms with Gasteiger partial charge in [0.1, 0.15) is 11.7 Å². The van der Waals surface area contributed by atoms with Crippen LogP contribution in [0.4, 0.5) is 0 Å². The van der Waals surface area contributed by atoms with E-state index in [1.807, 2.05) is 60.7 Å². The standard InChI is InChI=1S/C21H21NO4/c1-14(23)18-19(16-11-7-4-8-12-16)22(20(18)24)13-17(21(25)26-2)15-9-5-3-6-10-15/h3-12,17-19H,13H2,1-2H3/t17?,18-,19-/m0/s1. The number of hydrogen-bond acceptors (Lipinski definition) is 4. The number of methoxy groups -OCH3 is 1. The summed E-state index contributed by atoms with van der Waals surface area (Å²) in [4.78, 5) is 38.5. The smallest absolute Gasteiger partial charge is 0.314 e. The van der Waals surface area contributed by atoms with Crippen LogP contribution >= 0.6 is 0 Å². The summed E-state index contributed by atoms with van der Waals surface area (Å²) in [5, 5.41) is 0. The number of amides is 1. The Bertz CT molecular complexity index is 803. The normalized spacial score (nSPS) is 20.2. The maximum atomic E-state index is 12.6. The topological polar surface area (TPSA) is 63.7 Å². The van der Waals surface area contributed by atoms with Crippen molar-refractivity contribution < 1.29 is 19.1 Å². The first-order valence-corrected chi connectivity index (χ1v) is 8.53. The Labute approximate surface area is 152 Å². The second-order valence-corrected chi connectivity index (χ2v) is 6.42. The van der Waals surface area contributed by atoms with Gasteiger partial charge in [-0.3, -0.25) is 14.4 Å². The fourth-order valence-corrected chi connectivity index (χ4v) is 3.51. The van der Waals surface area contributed by atoms with Crippen molar-refractivity contribution in [2.45, 2.75) is 18.9 Å². The minimum absolute atomic E-state index is 0.158. The summed E-state index contributed by atoms with van der Waals surface area (Å²) in [6, 6.07) is 18.3. The molecule has 1 aliphatic rings. The molecule has 134 valence electrons. The quantitative estimate of drug-likeness (QED) is 0.456. The first-order chi connectivity index (χ1) is 12.5. The van der Waals surface area contributed by atoms with E-state index in [-0.39, 0.29) is 24.3 Å². The molecule has 0 aliphatic carbocycles. The number of carbonyl (C=O) groups is 3. The zero-order chi connectivity index (χ0) is 18.7. The van der Waals surface area contributed by atoms with Gasteiger partial charge in [-0.05, 0) is 18.1 Å². The molecule has 0 bridgehead atoms.